The smallest absolute Gasteiger partial charge is 0.407 e. The monoisotopic (exact) mass is 805 g/mol. The molecule has 0 saturated carbocycles. The number of ether oxygens (including phenoxy) is 3. The zero-order valence-electron chi connectivity index (χ0n) is 33.8. The topological polar surface area (TPSA) is 197 Å². The van der Waals surface area contributed by atoms with Crippen LogP contribution in [-0.2, 0) is 23.8 Å². The van der Waals surface area contributed by atoms with E-state index >= 15 is 0 Å². The number of fused-ring (bicyclic) bond motifs is 2. The van der Waals surface area contributed by atoms with E-state index in [4.69, 9.17) is 29.2 Å². The molecule has 3 fully saturated rings. The molecule has 2 aromatic carbocycles. The van der Waals surface area contributed by atoms with Crippen LogP contribution in [0.4, 0.5) is 9.59 Å². The molecule has 0 spiro atoms. The van der Waals surface area contributed by atoms with Crippen LogP contribution in [0.15, 0.2) is 54.7 Å². The number of hydrogen-bond donors (Lipinski definition) is 4. The predicted octanol–water partition coefficient (Wildman–Crippen LogP) is 6.03. The van der Waals surface area contributed by atoms with E-state index in [2.05, 4.69) is 50.9 Å². The summed E-state index contributed by atoms with van der Waals surface area (Å²) in [5, 5.41) is 7.60. The third-order valence-electron chi connectivity index (χ3n) is 12.0. The summed E-state index contributed by atoms with van der Waals surface area (Å²) in [4.78, 5) is 77.0. The van der Waals surface area contributed by atoms with Gasteiger partial charge in [0.2, 0.25) is 11.8 Å². The molecule has 0 radical (unpaired) electrons. The Hall–Kier alpha value is -6.03. The van der Waals surface area contributed by atoms with E-state index in [1.165, 1.54) is 14.2 Å². The van der Waals surface area contributed by atoms with Gasteiger partial charge < -0.3 is 44.6 Å². The van der Waals surface area contributed by atoms with Crippen LogP contribution in [0, 0.1) is 11.8 Å². The van der Waals surface area contributed by atoms with E-state index < -0.39 is 24.3 Å². The van der Waals surface area contributed by atoms with E-state index in [1.54, 1.807) is 6.20 Å². The Bertz CT molecular complexity index is 2350. The Kier molecular flexibility index (Phi) is 11.5. The number of nitrogens with one attached hydrogen (secondary N) is 4. The van der Waals surface area contributed by atoms with E-state index in [9.17, 15) is 19.2 Å². The van der Waals surface area contributed by atoms with Crippen LogP contribution in [0.5, 0.6) is 0 Å². The SMILES string of the molecule is COC(=O)NC(C(=O)N1CCCC1c1ncc(-c2ccc3cc(-c4ccc5[nH]c(C6CCCN6C(=O)C(NC(=O)OC)C6CCOCC6)nc5n4)ccc3c2)[nH]1)C(C)C. The lowest BCUT2D eigenvalue weighted by Crippen LogP contribution is -2.53. The summed E-state index contributed by atoms with van der Waals surface area (Å²) in [6, 6.07) is 14.5. The van der Waals surface area contributed by atoms with Crippen LogP contribution in [0.25, 0.3) is 44.5 Å². The second kappa shape index (κ2) is 17.1. The zero-order chi connectivity index (χ0) is 41.2. The van der Waals surface area contributed by atoms with Crippen LogP contribution < -0.4 is 10.6 Å². The number of nitrogens with zero attached hydrogens (tertiary/aromatic N) is 5. The number of methoxy groups -OCH3 is 2. The molecule has 4 unspecified atom stereocenters. The van der Waals surface area contributed by atoms with Crippen molar-refractivity contribution in [1.82, 2.24) is 45.4 Å². The highest BCUT2D eigenvalue weighted by atomic mass is 16.5. The molecule has 3 aliphatic heterocycles. The van der Waals surface area contributed by atoms with Gasteiger partial charge in [0.25, 0.3) is 0 Å². The minimum absolute atomic E-state index is 0.0437. The average molecular weight is 806 g/mol. The van der Waals surface area contributed by atoms with Gasteiger partial charge in [-0.25, -0.2) is 24.5 Å². The van der Waals surface area contributed by atoms with E-state index in [-0.39, 0.29) is 35.7 Å². The number of likely N-dealkylation sites (tertiary alicyclic amines) is 2. The molecule has 5 aromatic rings. The molecule has 0 bridgehead atoms. The first kappa shape index (κ1) is 39.8. The summed E-state index contributed by atoms with van der Waals surface area (Å²) < 4.78 is 15.2. The number of rotatable bonds is 10. The lowest BCUT2D eigenvalue weighted by atomic mass is 9.90. The molecule has 4 atom stereocenters. The maximum atomic E-state index is 14.0. The van der Waals surface area contributed by atoms with Gasteiger partial charge in [0.05, 0.1) is 49.4 Å². The van der Waals surface area contributed by atoms with Gasteiger partial charge in [-0.15, -0.1) is 0 Å². The maximum absolute atomic E-state index is 14.0. The first-order valence-electron chi connectivity index (χ1n) is 20.5. The molecule has 16 heteroatoms. The third kappa shape index (κ3) is 8.18. The van der Waals surface area contributed by atoms with Gasteiger partial charge in [-0.3, -0.25) is 9.59 Å². The molecule has 8 rings (SSSR count). The summed E-state index contributed by atoms with van der Waals surface area (Å²) >= 11 is 0. The normalized spacial score (nSPS) is 19.6. The number of carbonyl (C=O) groups excluding carboxylic acids is 4. The zero-order valence-corrected chi connectivity index (χ0v) is 33.8. The van der Waals surface area contributed by atoms with Gasteiger partial charge >= 0.3 is 12.2 Å². The maximum Gasteiger partial charge on any atom is 0.407 e. The molecular weight excluding hydrogens is 755 g/mol. The highest BCUT2D eigenvalue weighted by Crippen LogP contribution is 2.36. The van der Waals surface area contributed by atoms with Crippen molar-refractivity contribution in [3.8, 4) is 22.5 Å². The van der Waals surface area contributed by atoms with Crippen LogP contribution in [-0.4, -0.2) is 111 Å². The lowest BCUT2D eigenvalue weighted by molar-refractivity contribution is -0.137. The Morgan fingerprint density at radius 2 is 1.41 bits per heavy atom. The number of carbonyl (C=O) groups is 4. The molecule has 59 heavy (non-hydrogen) atoms. The first-order valence-corrected chi connectivity index (χ1v) is 20.5. The molecule has 6 heterocycles. The van der Waals surface area contributed by atoms with Crippen molar-refractivity contribution in [3.05, 3.63) is 66.4 Å². The van der Waals surface area contributed by atoms with Crippen molar-refractivity contribution in [3.63, 3.8) is 0 Å². The lowest BCUT2D eigenvalue weighted by Gasteiger charge is -2.34. The van der Waals surface area contributed by atoms with Crippen molar-refractivity contribution >= 4 is 45.9 Å². The standard InChI is InChI=1S/C43H51N9O7/c1-24(2)35(48-42(55)57-3)40(53)51-17-5-7-33(51)38-44-23-32(47-38)29-12-10-26-21-28(11-9-27(26)22-29)30-13-14-31-37(45-30)50-39(46-31)34-8-6-18-52(34)41(54)36(49-43(56)58-4)25-15-19-59-20-16-25/h9-14,21-25,33-36H,5-8,15-20H2,1-4H3,(H,44,47)(H,48,55)(H,49,56)(H,45,46,50). The molecular formula is C43H51N9O7. The largest absolute Gasteiger partial charge is 0.453 e. The molecule has 310 valence electrons. The Labute approximate surface area is 341 Å². The molecule has 3 saturated heterocycles. The predicted molar refractivity (Wildman–Crippen MR) is 219 cm³/mol. The average Bonchev–Trinajstić information content (AvgIpc) is 4.10. The second-order valence-corrected chi connectivity index (χ2v) is 15.9. The summed E-state index contributed by atoms with van der Waals surface area (Å²) in [7, 11) is 2.59. The second-order valence-electron chi connectivity index (χ2n) is 15.9. The molecule has 0 aliphatic carbocycles. The number of hydrogen-bond acceptors (Lipinski definition) is 10. The summed E-state index contributed by atoms with van der Waals surface area (Å²) in [5.74, 6) is 0.952. The molecule has 16 nitrogen and oxygen atoms in total. The summed E-state index contributed by atoms with van der Waals surface area (Å²) in [6.45, 7) is 6.05. The van der Waals surface area contributed by atoms with Gasteiger partial charge in [0, 0.05) is 37.4 Å². The van der Waals surface area contributed by atoms with Crippen molar-refractivity contribution in [2.75, 3.05) is 40.5 Å². The summed E-state index contributed by atoms with van der Waals surface area (Å²) in [6.07, 6.45) is 5.10. The van der Waals surface area contributed by atoms with Gasteiger partial charge in [0.1, 0.15) is 23.7 Å². The van der Waals surface area contributed by atoms with Crippen molar-refractivity contribution in [2.45, 2.75) is 76.5 Å². The fourth-order valence-corrected chi connectivity index (χ4v) is 8.76. The van der Waals surface area contributed by atoms with E-state index in [1.807, 2.05) is 41.8 Å². The van der Waals surface area contributed by atoms with Crippen molar-refractivity contribution in [1.29, 1.82) is 0 Å². The number of alkyl carbamates (subject to hydrolysis) is 2. The number of H-pyrrole nitrogens is 2. The van der Waals surface area contributed by atoms with Crippen LogP contribution in [0.1, 0.15) is 76.1 Å². The van der Waals surface area contributed by atoms with Gasteiger partial charge in [0.15, 0.2) is 5.65 Å². The van der Waals surface area contributed by atoms with Crippen molar-refractivity contribution < 1.29 is 33.4 Å². The van der Waals surface area contributed by atoms with Crippen LogP contribution >= 0.6 is 0 Å². The fourth-order valence-electron chi connectivity index (χ4n) is 8.76. The third-order valence-corrected chi connectivity index (χ3v) is 12.0. The quantitative estimate of drug-likeness (QED) is 0.129. The minimum Gasteiger partial charge on any atom is -0.453 e. The van der Waals surface area contributed by atoms with Gasteiger partial charge in [-0.05, 0) is 85.4 Å². The number of benzene rings is 2. The number of amides is 4. The van der Waals surface area contributed by atoms with Crippen LogP contribution in [0.3, 0.4) is 0 Å². The Morgan fingerprint density at radius 1 is 0.763 bits per heavy atom. The Balaban J connectivity index is 0.979. The molecule has 3 aromatic heterocycles. The molecule has 4 N–H and O–H groups in total. The number of pyridine rings is 1. The molecule has 3 aliphatic rings. The first-order chi connectivity index (χ1) is 28.6. The fraction of sp³-hybridized carbons (Fsp3) is 0.465. The highest BCUT2D eigenvalue weighted by molar-refractivity contribution is 5.91. The Morgan fingerprint density at radius 3 is 2.10 bits per heavy atom. The summed E-state index contributed by atoms with van der Waals surface area (Å²) in [5.41, 5.74) is 4.88. The molecule has 4 amide bonds. The van der Waals surface area contributed by atoms with Crippen molar-refractivity contribution in [2.24, 2.45) is 11.8 Å². The number of aromatic amines is 2. The van der Waals surface area contributed by atoms with Gasteiger partial charge in [-0.1, -0.05) is 38.1 Å². The van der Waals surface area contributed by atoms with E-state index in [0.29, 0.717) is 56.4 Å². The van der Waals surface area contributed by atoms with Gasteiger partial charge in [-0.2, -0.15) is 0 Å². The minimum atomic E-state index is -0.705. The highest BCUT2D eigenvalue weighted by Gasteiger charge is 2.41. The van der Waals surface area contributed by atoms with E-state index in [0.717, 1.165) is 64.5 Å². The van der Waals surface area contributed by atoms with Crippen LogP contribution in [0.2, 0.25) is 0 Å². The number of imidazole rings is 2. The number of aromatic nitrogens is 5.